The lowest BCUT2D eigenvalue weighted by Gasteiger charge is -2.11. The molecule has 3 aromatic heterocycles. The fourth-order valence-electron chi connectivity index (χ4n) is 10.0. The zero-order valence-corrected chi connectivity index (χ0v) is 33.2. The molecule has 0 saturated carbocycles. The lowest BCUT2D eigenvalue weighted by atomic mass is 10.00. The minimum absolute atomic E-state index is 1.14. The summed E-state index contributed by atoms with van der Waals surface area (Å²) in [6.45, 7) is 0. The van der Waals surface area contributed by atoms with Crippen LogP contribution in [0.5, 0.6) is 0 Å². The summed E-state index contributed by atoms with van der Waals surface area (Å²) in [7, 11) is 0. The second-order valence-corrected chi connectivity index (χ2v) is 16.1. The van der Waals surface area contributed by atoms with Gasteiger partial charge in [0.15, 0.2) is 0 Å². The van der Waals surface area contributed by atoms with E-state index in [2.05, 4.69) is 238 Å². The molecule has 0 amide bonds. The monoisotopic (exact) mass is 775 g/mol. The highest BCUT2D eigenvalue weighted by Gasteiger charge is 2.22. The molecule has 0 aliphatic rings. The molecule has 0 radical (unpaired) electrons. The minimum Gasteiger partial charge on any atom is -0.309 e. The molecule has 3 heterocycles. The zero-order valence-electron chi connectivity index (χ0n) is 33.2. The van der Waals surface area contributed by atoms with Crippen LogP contribution in [0.2, 0.25) is 0 Å². The van der Waals surface area contributed by atoms with Crippen molar-refractivity contribution in [3.63, 3.8) is 0 Å². The molecule has 0 fully saturated rings. The summed E-state index contributed by atoms with van der Waals surface area (Å²) >= 11 is 0. The summed E-state index contributed by atoms with van der Waals surface area (Å²) in [6, 6.07) is 82.2. The number of para-hydroxylation sites is 3. The lowest BCUT2D eigenvalue weighted by molar-refractivity contribution is 1.17. The topological polar surface area (TPSA) is 14.8 Å². The molecule has 0 N–H and O–H groups in total. The molecule has 3 nitrogen and oxygen atoms in total. The summed E-state index contributed by atoms with van der Waals surface area (Å²) in [6.07, 6.45) is 0. The number of benzene rings is 10. The van der Waals surface area contributed by atoms with E-state index in [-0.39, 0.29) is 0 Å². The Balaban J connectivity index is 1.05. The fraction of sp³-hybridized carbons (Fsp3) is 0. The second kappa shape index (κ2) is 13.2. The summed E-state index contributed by atoms with van der Waals surface area (Å²) in [5, 5.41) is 9.95. The number of aromatic nitrogens is 3. The second-order valence-electron chi connectivity index (χ2n) is 16.1. The Morgan fingerprint density at radius 1 is 0.230 bits per heavy atom. The molecule has 0 spiro atoms. The van der Waals surface area contributed by atoms with Gasteiger partial charge in [-0.2, -0.15) is 0 Å². The first-order valence-corrected chi connectivity index (χ1v) is 21.0. The highest BCUT2D eigenvalue weighted by molar-refractivity contribution is 6.26. The smallest absolute Gasteiger partial charge is 0.0641 e. The van der Waals surface area contributed by atoms with Crippen LogP contribution in [0.3, 0.4) is 0 Å². The van der Waals surface area contributed by atoms with Crippen molar-refractivity contribution in [3.05, 3.63) is 224 Å². The molecule has 0 saturated heterocycles. The molecule has 0 aliphatic carbocycles. The Morgan fingerprint density at radius 3 is 1.48 bits per heavy atom. The van der Waals surface area contributed by atoms with Gasteiger partial charge in [0.2, 0.25) is 0 Å². The fourth-order valence-corrected chi connectivity index (χ4v) is 10.0. The van der Waals surface area contributed by atoms with Crippen LogP contribution in [-0.4, -0.2) is 13.7 Å². The van der Waals surface area contributed by atoms with Crippen LogP contribution < -0.4 is 0 Å². The molecule has 13 aromatic rings. The van der Waals surface area contributed by atoms with Crippen LogP contribution in [0.1, 0.15) is 0 Å². The number of fused-ring (bicyclic) bond motifs is 11. The molecule has 284 valence electrons. The van der Waals surface area contributed by atoms with E-state index in [9.17, 15) is 0 Å². The Morgan fingerprint density at radius 2 is 0.721 bits per heavy atom. The van der Waals surface area contributed by atoms with Gasteiger partial charge >= 0.3 is 0 Å². The quantitative estimate of drug-likeness (QED) is 0.165. The van der Waals surface area contributed by atoms with E-state index in [0.717, 1.165) is 11.4 Å². The summed E-state index contributed by atoms with van der Waals surface area (Å²) < 4.78 is 7.32. The molecular formula is C58H37N3. The number of rotatable bonds is 5. The highest BCUT2D eigenvalue weighted by atomic mass is 15.0. The maximum Gasteiger partial charge on any atom is 0.0641 e. The van der Waals surface area contributed by atoms with Gasteiger partial charge in [0.05, 0.1) is 33.1 Å². The van der Waals surface area contributed by atoms with Gasteiger partial charge in [-0.1, -0.05) is 146 Å². The third kappa shape index (κ3) is 5.11. The van der Waals surface area contributed by atoms with Crippen LogP contribution in [0.4, 0.5) is 0 Å². The first kappa shape index (κ1) is 33.8. The van der Waals surface area contributed by atoms with E-state index in [1.165, 1.54) is 104 Å². The Hall–Kier alpha value is -8.14. The van der Waals surface area contributed by atoms with Crippen molar-refractivity contribution < 1.29 is 0 Å². The lowest BCUT2D eigenvalue weighted by Crippen LogP contribution is -1.95. The molecule has 10 aromatic carbocycles. The third-order valence-electron chi connectivity index (χ3n) is 12.8. The molecule has 3 heteroatoms. The summed E-state index contributed by atoms with van der Waals surface area (Å²) in [5.74, 6) is 0. The molecule has 0 aliphatic heterocycles. The molecule has 0 unspecified atom stereocenters. The predicted molar refractivity (Wildman–Crippen MR) is 258 cm³/mol. The van der Waals surface area contributed by atoms with E-state index < -0.39 is 0 Å². The van der Waals surface area contributed by atoms with E-state index >= 15 is 0 Å². The molecular weight excluding hydrogens is 739 g/mol. The van der Waals surface area contributed by atoms with Gasteiger partial charge in [-0.3, -0.25) is 0 Å². The summed E-state index contributed by atoms with van der Waals surface area (Å²) in [4.78, 5) is 0. The Kier molecular flexibility index (Phi) is 7.31. The third-order valence-corrected chi connectivity index (χ3v) is 12.8. The average Bonchev–Trinajstić information content (AvgIpc) is 3.97. The maximum atomic E-state index is 2.49. The first-order valence-electron chi connectivity index (χ1n) is 21.0. The van der Waals surface area contributed by atoms with E-state index in [0.29, 0.717) is 0 Å². The van der Waals surface area contributed by atoms with Crippen molar-refractivity contribution in [1.82, 2.24) is 13.7 Å². The van der Waals surface area contributed by atoms with Gasteiger partial charge < -0.3 is 13.7 Å². The van der Waals surface area contributed by atoms with Gasteiger partial charge in [-0.25, -0.2) is 0 Å². The molecule has 13 rings (SSSR count). The Labute approximate surface area is 352 Å². The van der Waals surface area contributed by atoms with Crippen molar-refractivity contribution in [2.45, 2.75) is 0 Å². The molecule has 0 atom stereocenters. The van der Waals surface area contributed by atoms with E-state index in [1.54, 1.807) is 0 Å². The van der Waals surface area contributed by atoms with Crippen molar-refractivity contribution in [2.75, 3.05) is 0 Å². The van der Waals surface area contributed by atoms with Crippen molar-refractivity contribution in [1.29, 1.82) is 0 Å². The summed E-state index contributed by atoms with van der Waals surface area (Å²) in [5.41, 5.74) is 15.5. The first-order chi connectivity index (χ1) is 30.3. The van der Waals surface area contributed by atoms with Gasteiger partial charge in [-0.15, -0.1) is 0 Å². The van der Waals surface area contributed by atoms with Crippen molar-refractivity contribution >= 4 is 76.2 Å². The van der Waals surface area contributed by atoms with Crippen molar-refractivity contribution in [3.8, 4) is 39.3 Å². The number of hydrogen-bond donors (Lipinski definition) is 0. The largest absolute Gasteiger partial charge is 0.309 e. The van der Waals surface area contributed by atoms with Gasteiger partial charge in [-0.05, 0) is 112 Å². The normalized spacial score (nSPS) is 11.9. The Bertz CT molecular complexity index is 3850. The van der Waals surface area contributed by atoms with Gasteiger partial charge in [0, 0.05) is 49.4 Å². The zero-order chi connectivity index (χ0) is 40.0. The van der Waals surface area contributed by atoms with E-state index in [1.807, 2.05) is 0 Å². The number of hydrogen-bond acceptors (Lipinski definition) is 0. The van der Waals surface area contributed by atoms with E-state index in [4.69, 9.17) is 0 Å². The van der Waals surface area contributed by atoms with Crippen LogP contribution in [0, 0.1) is 0 Å². The van der Waals surface area contributed by atoms with Gasteiger partial charge in [0.25, 0.3) is 0 Å². The van der Waals surface area contributed by atoms with Crippen LogP contribution >= 0.6 is 0 Å². The van der Waals surface area contributed by atoms with Crippen molar-refractivity contribution in [2.24, 2.45) is 0 Å². The highest BCUT2D eigenvalue weighted by Crippen LogP contribution is 2.44. The van der Waals surface area contributed by atoms with Gasteiger partial charge in [0.1, 0.15) is 0 Å². The molecule has 61 heavy (non-hydrogen) atoms. The number of nitrogens with zero attached hydrogens (tertiary/aromatic N) is 3. The van der Waals surface area contributed by atoms with Crippen LogP contribution in [0.25, 0.3) is 116 Å². The minimum atomic E-state index is 1.14. The predicted octanol–water partition coefficient (Wildman–Crippen LogP) is 15.5. The standard InChI is InChI=1S/C58H37N3/c1-3-13-38(14-4-1)40-23-28-45(29-24-40)61-55-33-27-43(37-51(55)48-31-34-56-57(58(48)61)49-20-10-12-22-53(49)59(56)44-17-5-2-6-18-44)42-26-32-54-50(36-42)47-19-9-11-21-52(47)60(54)46-30-25-39-15-7-8-16-41(39)35-46/h1-37H. The maximum absolute atomic E-state index is 2.49. The molecule has 0 bridgehead atoms. The SMILES string of the molecule is c1ccc(-c2ccc(-n3c4ccc(-c5ccc6c(c5)c5ccccc5n6-c5ccc6ccccc6c5)cc4c4ccc5c(c6ccccc6n5-c5ccccc5)c43)cc2)cc1. The average molecular weight is 776 g/mol. The van der Waals surface area contributed by atoms with Crippen LogP contribution in [-0.2, 0) is 0 Å². The van der Waals surface area contributed by atoms with Crippen LogP contribution in [0.15, 0.2) is 224 Å².